The van der Waals surface area contributed by atoms with E-state index in [1.807, 2.05) is 6.07 Å². The van der Waals surface area contributed by atoms with Crippen LogP contribution < -0.4 is 15.0 Å². The van der Waals surface area contributed by atoms with E-state index in [0.717, 1.165) is 10.9 Å². The van der Waals surface area contributed by atoms with Crippen molar-refractivity contribution in [1.82, 2.24) is 9.97 Å². The van der Waals surface area contributed by atoms with E-state index in [9.17, 15) is 9.90 Å². The molecule has 2 N–H and O–H groups in total. The molecule has 0 bridgehead atoms. The first-order chi connectivity index (χ1) is 12.6. The van der Waals surface area contributed by atoms with Gasteiger partial charge in [0.05, 0.1) is 19.7 Å². The van der Waals surface area contributed by atoms with Gasteiger partial charge in [-0.25, -0.2) is 4.98 Å². The van der Waals surface area contributed by atoms with Gasteiger partial charge in [-0.05, 0) is 24.3 Å². The molecular weight excluding hydrogens is 336 g/mol. The van der Waals surface area contributed by atoms with Crippen molar-refractivity contribution in [2.75, 3.05) is 14.2 Å². The van der Waals surface area contributed by atoms with Gasteiger partial charge >= 0.3 is 0 Å². The Morgan fingerprint density at radius 2 is 2.00 bits per heavy atom. The van der Waals surface area contributed by atoms with Gasteiger partial charge in [-0.2, -0.15) is 0 Å². The average Bonchev–Trinajstić information content (AvgIpc) is 3.09. The maximum Gasteiger partial charge on any atom is 0.262 e. The number of hydrogen-bond acceptors (Lipinski definition) is 6. The van der Waals surface area contributed by atoms with E-state index >= 15 is 0 Å². The Morgan fingerprint density at radius 3 is 2.73 bits per heavy atom. The summed E-state index contributed by atoms with van der Waals surface area (Å²) in [6, 6.07) is 10.5. The lowest BCUT2D eigenvalue weighted by Crippen LogP contribution is -2.11. The van der Waals surface area contributed by atoms with Gasteiger partial charge in [0.15, 0.2) is 0 Å². The normalized spacial score (nSPS) is 11.2. The molecule has 2 aromatic heterocycles. The summed E-state index contributed by atoms with van der Waals surface area (Å²) in [5.74, 6) is 1.85. The fourth-order valence-electron chi connectivity index (χ4n) is 2.95. The average molecular weight is 352 g/mol. The zero-order chi connectivity index (χ0) is 18.3. The molecule has 0 atom stereocenters. The lowest BCUT2D eigenvalue weighted by atomic mass is 10.1. The largest absolute Gasteiger partial charge is 0.497 e. The van der Waals surface area contributed by atoms with Gasteiger partial charge < -0.3 is 24.0 Å². The lowest BCUT2D eigenvalue weighted by Gasteiger charge is -2.09. The zero-order valence-corrected chi connectivity index (χ0v) is 14.2. The molecule has 26 heavy (non-hydrogen) atoms. The van der Waals surface area contributed by atoms with E-state index in [-0.39, 0.29) is 12.2 Å². The van der Waals surface area contributed by atoms with E-state index in [1.54, 1.807) is 37.4 Å². The highest BCUT2D eigenvalue weighted by atomic mass is 16.5. The second-order valence-electron chi connectivity index (χ2n) is 5.76. The maximum atomic E-state index is 12.6. The van der Waals surface area contributed by atoms with Crippen LogP contribution in [0.4, 0.5) is 0 Å². The molecule has 0 aliphatic heterocycles. The number of aromatic nitrogens is 2. The summed E-state index contributed by atoms with van der Waals surface area (Å²) in [4.78, 5) is 20.0. The summed E-state index contributed by atoms with van der Waals surface area (Å²) in [5, 5.41) is 10.4. The highest BCUT2D eigenvalue weighted by molar-refractivity contribution is 5.88. The Balaban J connectivity index is 1.93. The molecule has 0 fully saturated rings. The molecule has 2 aromatic carbocycles. The third-order valence-corrected chi connectivity index (χ3v) is 4.20. The highest BCUT2D eigenvalue weighted by Gasteiger charge is 2.14. The quantitative estimate of drug-likeness (QED) is 0.586. The summed E-state index contributed by atoms with van der Waals surface area (Å²) in [6.45, 7) is -0.172. The number of furan rings is 1. The number of rotatable bonds is 4. The summed E-state index contributed by atoms with van der Waals surface area (Å²) >= 11 is 0. The highest BCUT2D eigenvalue weighted by Crippen LogP contribution is 2.30. The minimum absolute atomic E-state index is 0.172. The number of methoxy groups -OCH3 is 2. The van der Waals surface area contributed by atoms with Crippen LogP contribution in [-0.2, 0) is 6.61 Å². The molecule has 7 heteroatoms. The number of aliphatic hydroxyl groups excluding tert-OH is 1. The summed E-state index contributed by atoms with van der Waals surface area (Å²) in [6.07, 6.45) is 0. The molecule has 4 aromatic rings. The number of hydrogen-bond donors (Lipinski definition) is 2. The number of nitrogens with one attached hydrogen (secondary N) is 1. The van der Waals surface area contributed by atoms with Gasteiger partial charge in [0.25, 0.3) is 5.56 Å². The second-order valence-corrected chi connectivity index (χ2v) is 5.76. The molecule has 132 valence electrons. The van der Waals surface area contributed by atoms with Crippen molar-refractivity contribution < 1.29 is 19.0 Å². The molecule has 0 radical (unpaired) electrons. The molecule has 0 spiro atoms. The Labute approximate surface area is 147 Å². The van der Waals surface area contributed by atoms with Crippen LogP contribution in [-0.4, -0.2) is 29.3 Å². The van der Waals surface area contributed by atoms with Gasteiger partial charge in [-0.15, -0.1) is 0 Å². The number of aromatic amines is 1. The lowest BCUT2D eigenvalue weighted by molar-refractivity contribution is 0.251. The molecule has 2 heterocycles. The Bertz CT molecular complexity index is 1180. The number of benzene rings is 2. The second kappa shape index (κ2) is 6.20. The predicted molar refractivity (Wildman–Crippen MR) is 96.6 cm³/mol. The van der Waals surface area contributed by atoms with Crippen molar-refractivity contribution in [3.05, 3.63) is 52.5 Å². The third-order valence-electron chi connectivity index (χ3n) is 4.20. The minimum atomic E-state index is -0.298. The van der Waals surface area contributed by atoms with Crippen LogP contribution in [0.3, 0.4) is 0 Å². The maximum absolute atomic E-state index is 12.6. The van der Waals surface area contributed by atoms with Crippen LogP contribution in [0.25, 0.3) is 33.3 Å². The molecule has 4 rings (SSSR count). The smallest absolute Gasteiger partial charge is 0.262 e. The topological polar surface area (TPSA) is 97.6 Å². The first-order valence-electron chi connectivity index (χ1n) is 7.92. The zero-order valence-electron chi connectivity index (χ0n) is 14.2. The number of fused-ring (bicyclic) bond motifs is 2. The molecule has 0 saturated carbocycles. The molecule has 0 aliphatic rings. The summed E-state index contributed by atoms with van der Waals surface area (Å²) in [5.41, 5.74) is 1.56. The van der Waals surface area contributed by atoms with E-state index in [1.165, 1.54) is 7.11 Å². The van der Waals surface area contributed by atoms with Crippen molar-refractivity contribution in [1.29, 1.82) is 0 Å². The van der Waals surface area contributed by atoms with E-state index < -0.39 is 0 Å². The summed E-state index contributed by atoms with van der Waals surface area (Å²) < 4.78 is 16.0. The molecular formula is C19H16N2O5. The van der Waals surface area contributed by atoms with E-state index in [2.05, 4.69) is 9.97 Å². The van der Waals surface area contributed by atoms with Gasteiger partial charge in [-0.1, -0.05) is 0 Å². The monoisotopic (exact) mass is 352 g/mol. The van der Waals surface area contributed by atoms with Crippen molar-refractivity contribution in [2.24, 2.45) is 0 Å². The molecule has 0 amide bonds. The fourth-order valence-corrected chi connectivity index (χ4v) is 2.95. The van der Waals surface area contributed by atoms with E-state index in [0.29, 0.717) is 39.6 Å². The molecule has 7 nitrogen and oxygen atoms in total. The van der Waals surface area contributed by atoms with Crippen LogP contribution >= 0.6 is 0 Å². The molecule has 0 saturated heterocycles. The van der Waals surface area contributed by atoms with Crippen molar-refractivity contribution in [2.45, 2.75) is 6.61 Å². The van der Waals surface area contributed by atoms with Crippen molar-refractivity contribution in [3.8, 4) is 22.9 Å². The number of H-pyrrole nitrogens is 1. The standard InChI is InChI=1S/C19H16N2O5/c1-24-12-7-14-17(16(8-12)25-2)19(23)21-18(20-14)10-3-4-15-11(5-10)6-13(9-22)26-15/h3-8,22H,9H2,1-2H3,(H,20,21,23). The van der Waals surface area contributed by atoms with Gasteiger partial charge in [-0.3, -0.25) is 4.79 Å². The van der Waals surface area contributed by atoms with Crippen molar-refractivity contribution in [3.63, 3.8) is 0 Å². The van der Waals surface area contributed by atoms with Crippen LogP contribution in [0.5, 0.6) is 11.5 Å². The number of nitrogens with zero attached hydrogens (tertiary/aromatic N) is 1. The third kappa shape index (κ3) is 2.58. The van der Waals surface area contributed by atoms with E-state index in [4.69, 9.17) is 13.9 Å². The first kappa shape index (κ1) is 16.2. The SMILES string of the molecule is COc1cc(OC)c2c(=O)[nH]c(-c3ccc4oc(CO)cc4c3)nc2c1. The van der Waals surface area contributed by atoms with Crippen LogP contribution in [0, 0.1) is 0 Å². The van der Waals surface area contributed by atoms with Crippen LogP contribution in [0.1, 0.15) is 5.76 Å². The number of aliphatic hydroxyl groups is 1. The predicted octanol–water partition coefficient (Wildman–Crippen LogP) is 2.85. The minimum Gasteiger partial charge on any atom is -0.497 e. The first-order valence-corrected chi connectivity index (χ1v) is 7.92. The van der Waals surface area contributed by atoms with Gasteiger partial charge in [0.1, 0.15) is 40.7 Å². The Hall–Kier alpha value is -3.32. The van der Waals surface area contributed by atoms with Crippen LogP contribution in [0.15, 0.2) is 45.6 Å². The molecule has 0 unspecified atom stereocenters. The van der Waals surface area contributed by atoms with Crippen LogP contribution in [0.2, 0.25) is 0 Å². The van der Waals surface area contributed by atoms with Crippen molar-refractivity contribution >= 4 is 21.9 Å². The Morgan fingerprint density at radius 1 is 1.15 bits per heavy atom. The van der Waals surface area contributed by atoms with Gasteiger partial charge in [0, 0.05) is 23.1 Å². The Kier molecular flexibility index (Phi) is 3.85. The summed E-state index contributed by atoms with van der Waals surface area (Å²) in [7, 11) is 3.04. The van der Waals surface area contributed by atoms with Gasteiger partial charge in [0.2, 0.25) is 0 Å². The molecule has 0 aliphatic carbocycles. The fraction of sp³-hybridized carbons (Fsp3) is 0.158. The number of ether oxygens (including phenoxy) is 2.